The minimum Gasteiger partial charge on any atom is -1.00 e. The van der Waals surface area contributed by atoms with Crippen LogP contribution in [0.2, 0.25) is 0 Å². The SMILES string of the molecule is COc1[c-]c(OC)ncn1.[Cl-].[Mg+2]. The Hall–Kier alpha value is -0.264. The molecule has 0 aliphatic heterocycles. The number of rotatable bonds is 2. The quantitative estimate of drug-likeness (QED) is 0.374. The molecule has 0 unspecified atom stereocenters. The van der Waals surface area contributed by atoms with E-state index in [2.05, 4.69) is 16.0 Å². The van der Waals surface area contributed by atoms with E-state index in [0.29, 0.717) is 11.8 Å². The van der Waals surface area contributed by atoms with Crippen molar-refractivity contribution in [1.29, 1.82) is 0 Å². The van der Waals surface area contributed by atoms with Gasteiger partial charge in [-0.25, -0.2) is 9.97 Å². The number of hydrogen-bond acceptors (Lipinski definition) is 4. The molecular weight excluding hydrogens is 192 g/mol. The molecule has 0 radical (unpaired) electrons. The minimum atomic E-state index is 0. The zero-order chi connectivity index (χ0) is 7.40. The molecular formula is C6H7ClMgN2O2. The first kappa shape index (κ1) is 14.3. The number of methoxy groups -OCH3 is 2. The van der Waals surface area contributed by atoms with Gasteiger partial charge in [-0.3, -0.25) is 0 Å². The minimum absolute atomic E-state index is 0. The maximum Gasteiger partial charge on any atom is 2.00 e. The summed E-state index contributed by atoms with van der Waals surface area (Å²) in [5, 5.41) is 0. The third kappa shape index (κ3) is 3.94. The van der Waals surface area contributed by atoms with Crippen molar-refractivity contribution < 1.29 is 21.9 Å². The van der Waals surface area contributed by atoms with Crippen molar-refractivity contribution in [3.63, 3.8) is 0 Å². The molecule has 0 aromatic carbocycles. The van der Waals surface area contributed by atoms with Crippen LogP contribution >= 0.6 is 0 Å². The van der Waals surface area contributed by atoms with Crippen LogP contribution in [-0.4, -0.2) is 47.2 Å². The molecule has 62 valence electrons. The number of ether oxygens (including phenoxy) is 2. The molecule has 0 saturated heterocycles. The maximum absolute atomic E-state index is 4.77. The summed E-state index contributed by atoms with van der Waals surface area (Å²) < 4.78 is 9.54. The molecule has 12 heavy (non-hydrogen) atoms. The molecule has 1 aromatic heterocycles. The molecule has 0 aliphatic rings. The van der Waals surface area contributed by atoms with Crippen LogP contribution in [0.3, 0.4) is 0 Å². The van der Waals surface area contributed by atoms with Gasteiger partial charge in [0.15, 0.2) is 0 Å². The normalized spacial score (nSPS) is 7.50. The van der Waals surface area contributed by atoms with E-state index in [4.69, 9.17) is 9.47 Å². The zero-order valence-corrected chi connectivity index (χ0v) is 9.04. The van der Waals surface area contributed by atoms with Gasteiger partial charge in [0.05, 0.1) is 14.2 Å². The number of aromatic nitrogens is 2. The van der Waals surface area contributed by atoms with Gasteiger partial charge in [0, 0.05) is 11.8 Å². The van der Waals surface area contributed by atoms with Gasteiger partial charge in [0.2, 0.25) is 0 Å². The Morgan fingerprint density at radius 2 is 1.58 bits per heavy atom. The Kier molecular flexibility index (Phi) is 8.79. The second kappa shape index (κ2) is 7.39. The molecule has 0 spiro atoms. The first-order chi connectivity index (χ1) is 4.86. The average Bonchev–Trinajstić information content (AvgIpc) is 2.05. The van der Waals surface area contributed by atoms with Gasteiger partial charge in [-0.1, -0.05) is 0 Å². The van der Waals surface area contributed by atoms with E-state index in [1.54, 1.807) is 0 Å². The number of nitrogens with zero attached hydrogens (tertiary/aromatic N) is 2. The van der Waals surface area contributed by atoms with Crippen molar-refractivity contribution in [2.45, 2.75) is 0 Å². The van der Waals surface area contributed by atoms with Gasteiger partial charge >= 0.3 is 23.1 Å². The Labute approximate surface area is 93.3 Å². The van der Waals surface area contributed by atoms with E-state index in [0.717, 1.165) is 0 Å². The molecule has 0 N–H and O–H groups in total. The van der Waals surface area contributed by atoms with Crippen LogP contribution in [-0.2, 0) is 0 Å². The first-order valence-electron chi connectivity index (χ1n) is 2.69. The largest absolute Gasteiger partial charge is 2.00 e. The molecule has 0 fully saturated rings. The molecule has 0 bridgehead atoms. The van der Waals surface area contributed by atoms with Crippen molar-refractivity contribution in [2.24, 2.45) is 0 Å². The summed E-state index contributed by atoms with van der Waals surface area (Å²) in [6, 6.07) is 2.68. The summed E-state index contributed by atoms with van der Waals surface area (Å²) >= 11 is 0. The van der Waals surface area contributed by atoms with Gasteiger partial charge in [-0.05, 0) is 0 Å². The molecule has 0 atom stereocenters. The standard InChI is InChI=1S/C6H7N2O2.ClH.Mg/c1-9-5-3-6(10-2)8-4-7-5;;/h4H,1-2H3;1H;/q-1;;+2/p-1. The molecule has 6 heteroatoms. The van der Waals surface area contributed by atoms with Crippen molar-refractivity contribution in [2.75, 3.05) is 14.2 Å². The topological polar surface area (TPSA) is 44.2 Å². The zero-order valence-electron chi connectivity index (χ0n) is 6.87. The number of hydrogen-bond donors (Lipinski definition) is 0. The van der Waals surface area contributed by atoms with Crippen LogP contribution in [0.5, 0.6) is 11.8 Å². The Morgan fingerprint density at radius 3 is 1.92 bits per heavy atom. The summed E-state index contributed by atoms with van der Waals surface area (Å²) in [4.78, 5) is 7.47. The summed E-state index contributed by atoms with van der Waals surface area (Å²) in [6.45, 7) is 0. The third-order valence-electron chi connectivity index (χ3n) is 0.951. The Balaban J connectivity index is 0. The van der Waals surface area contributed by atoms with Crippen molar-refractivity contribution >= 4 is 23.1 Å². The van der Waals surface area contributed by atoms with Crippen LogP contribution in [0.25, 0.3) is 0 Å². The predicted octanol–water partition coefficient (Wildman–Crippen LogP) is -3.08. The van der Waals surface area contributed by atoms with E-state index < -0.39 is 0 Å². The van der Waals surface area contributed by atoms with E-state index >= 15 is 0 Å². The molecule has 0 aliphatic carbocycles. The van der Waals surface area contributed by atoms with E-state index in [1.165, 1.54) is 20.5 Å². The van der Waals surface area contributed by atoms with Crippen LogP contribution < -0.4 is 21.9 Å². The molecule has 1 heterocycles. The third-order valence-corrected chi connectivity index (χ3v) is 0.951. The maximum atomic E-state index is 4.77. The van der Waals surface area contributed by atoms with Crippen LogP contribution in [0.1, 0.15) is 0 Å². The van der Waals surface area contributed by atoms with E-state index in [9.17, 15) is 0 Å². The van der Waals surface area contributed by atoms with Crippen LogP contribution in [0, 0.1) is 6.07 Å². The van der Waals surface area contributed by atoms with Crippen LogP contribution in [0.4, 0.5) is 0 Å². The summed E-state index contributed by atoms with van der Waals surface area (Å²) in [7, 11) is 3.02. The van der Waals surface area contributed by atoms with Gasteiger partial charge in [-0.2, -0.15) is 0 Å². The van der Waals surface area contributed by atoms with E-state index in [-0.39, 0.29) is 35.5 Å². The van der Waals surface area contributed by atoms with Gasteiger partial charge in [0.25, 0.3) is 0 Å². The second-order valence-corrected chi connectivity index (χ2v) is 1.52. The fourth-order valence-electron chi connectivity index (χ4n) is 0.497. The molecule has 1 aromatic rings. The molecule has 0 amide bonds. The Morgan fingerprint density at radius 1 is 1.17 bits per heavy atom. The summed E-state index contributed by atoms with van der Waals surface area (Å²) in [5.41, 5.74) is 0. The summed E-state index contributed by atoms with van der Waals surface area (Å²) in [5.74, 6) is 0.763. The summed E-state index contributed by atoms with van der Waals surface area (Å²) in [6.07, 6.45) is 1.36. The van der Waals surface area contributed by atoms with Crippen LogP contribution in [0.15, 0.2) is 6.33 Å². The Bertz CT molecular complexity index is 205. The van der Waals surface area contributed by atoms with Crippen molar-refractivity contribution in [3.8, 4) is 11.8 Å². The van der Waals surface area contributed by atoms with Crippen molar-refractivity contribution in [3.05, 3.63) is 12.4 Å². The molecule has 4 nitrogen and oxygen atoms in total. The van der Waals surface area contributed by atoms with Gasteiger partial charge in [-0.15, -0.1) is 0 Å². The number of halogens is 1. The first-order valence-corrected chi connectivity index (χ1v) is 2.69. The monoisotopic (exact) mass is 198 g/mol. The molecule has 0 saturated carbocycles. The van der Waals surface area contributed by atoms with E-state index in [1.807, 2.05) is 0 Å². The van der Waals surface area contributed by atoms with Crippen molar-refractivity contribution in [1.82, 2.24) is 9.97 Å². The predicted molar refractivity (Wildman–Crippen MR) is 39.7 cm³/mol. The average molecular weight is 199 g/mol. The fraction of sp³-hybridized carbons (Fsp3) is 0.333. The van der Waals surface area contributed by atoms with Gasteiger partial charge in [0.1, 0.15) is 6.33 Å². The fourth-order valence-corrected chi connectivity index (χ4v) is 0.497. The molecule has 1 rings (SSSR count). The van der Waals surface area contributed by atoms with Gasteiger partial charge < -0.3 is 27.9 Å². The second-order valence-electron chi connectivity index (χ2n) is 1.52. The smallest absolute Gasteiger partial charge is 1.00 e.